The van der Waals surface area contributed by atoms with Gasteiger partial charge in [0.05, 0.1) is 4.83 Å². The Kier molecular flexibility index (Phi) is 8.69. The zero-order valence-corrected chi connectivity index (χ0v) is 25.4. The maximum atomic E-state index is 11.5. The number of aliphatic hydroxyl groups excluding tert-OH is 1. The zero-order valence-electron chi connectivity index (χ0n) is 23.8. The quantitative estimate of drug-likeness (QED) is 0.356. The summed E-state index contributed by atoms with van der Waals surface area (Å²) in [4.78, 5) is 22.0. The topological polar surface area (TPSA) is 87.7 Å². The van der Waals surface area contributed by atoms with Crippen LogP contribution in [0.15, 0.2) is 0 Å². The van der Waals surface area contributed by atoms with Gasteiger partial charge in [0, 0.05) is 26.3 Å². The number of carbonyl (C=O) groups is 2. The second-order valence-corrected chi connectivity index (χ2v) is 16.2. The van der Waals surface area contributed by atoms with E-state index in [9.17, 15) is 9.59 Å². The van der Waals surface area contributed by atoms with Crippen LogP contribution >= 0.6 is 15.9 Å². The minimum atomic E-state index is -0.158. The van der Waals surface area contributed by atoms with Crippen molar-refractivity contribution in [3.05, 3.63) is 0 Å². The Morgan fingerprint density at radius 3 is 1.46 bits per heavy atom. The van der Waals surface area contributed by atoms with Crippen molar-refractivity contribution in [3.8, 4) is 0 Å². The number of aliphatic hydroxyl groups is 1. The fourth-order valence-electron chi connectivity index (χ4n) is 11.1. The van der Waals surface area contributed by atoms with Crippen molar-refractivity contribution in [2.24, 2.45) is 46.3 Å². The minimum absolute atomic E-state index is 0.0764. The number of hydrogen-bond donors (Lipinski definition) is 3. The molecule has 10 fully saturated rings. The third-order valence-corrected chi connectivity index (χ3v) is 12.8. The zero-order chi connectivity index (χ0) is 27.0. The standard InChI is InChI=1S/C16H25NO2.C12H20O.C4H6BrNO/c18-15-14(1-3-17-15)19-4-2-16-8-11-5-12(9-16)7-13(6-11)10-16;13-2-1-12-6-9-3-10(7-12)5-11(4-9)8-12;5-3-1-2-6-4(3)7/h11-14H,1-10H2,(H,17,18);9-11,13H,1-8H2;3H,1-2H2,(H,6,7). The molecule has 8 aliphatic carbocycles. The van der Waals surface area contributed by atoms with Gasteiger partial charge in [-0.2, -0.15) is 0 Å². The van der Waals surface area contributed by atoms with E-state index in [1.165, 1.54) is 83.5 Å². The number of carbonyl (C=O) groups excluding carboxylic acids is 2. The summed E-state index contributed by atoms with van der Waals surface area (Å²) in [7, 11) is 0. The number of hydrogen-bond acceptors (Lipinski definition) is 4. The highest BCUT2D eigenvalue weighted by Crippen LogP contribution is 2.62. The molecule has 2 aliphatic heterocycles. The van der Waals surface area contributed by atoms with Crippen LogP contribution in [0.3, 0.4) is 0 Å². The molecular weight excluding hydrogens is 556 g/mol. The van der Waals surface area contributed by atoms with Crippen molar-refractivity contribution in [2.75, 3.05) is 26.3 Å². The molecule has 0 aromatic heterocycles. The number of halogens is 1. The molecule has 0 aromatic rings. The van der Waals surface area contributed by atoms with Crippen molar-refractivity contribution >= 4 is 27.7 Å². The van der Waals surface area contributed by atoms with Gasteiger partial charge in [0.15, 0.2) is 0 Å². The molecule has 220 valence electrons. The predicted octanol–water partition coefficient (Wildman–Crippen LogP) is 5.35. The Morgan fingerprint density at radius 1 is 0.692 bits per heavy atom. The Morgan fingerprint density at radius 2 is 1.13 bits per heavy atom. The van der Waals surface area contributed by atoms with Crippen molar-refractivity contribution in [3.63, 3.8) is 0 Å². The van der Waals surface area contributed by atoms with Crippen molar-refractivity contribution < 1.29 is 19.4 Å². The van der Waals surface area contributed by atoms with Gasteiger partial charge < -0.3 is 20.5 Å². The van der Waals surface area contributed by atoms with E-state index < -0.39 is 0 Å². The molecule has 0 spiro atoms. The van der Waals surface area contributed by atoms with Gasteiger partial charge in [-0.15, -0.1) is 0 Å². The summed E-state index contributed by atoms with van der Waals surface area (Å²) >= 11 is 3.19. The van der Waals surface area contributed by atoms with Gasteiger partial charge >= 0.3 is 0 Å². The predicted molar refractivity (Wildman–Crippen MR) is 155 cm³/mol. The summed E-state index contributed by atoms with van der Waals surface area (Å²) in [6.07, 6.45) is 21.7. The molecule has 3 N–H and O–H groups in total. The third kappa shape index (κ3) is 6.56. The van der Waals surface area contributed by atoms with Crippen LogP contribution in [0.5, 0.6) is 0 Å². The van der Waals surface area contributed by atoms with Gasteiger partial charge in [-0.3, -0.25) is 9.59 Å². The normalized spacial score (nSPS) is 46.3. The molecule has 8 bridgehead atoms. The lowest BCUT2D eigenvalue weighted by molar-refractivity contribution is -0.131. The summed E-state index contributed by atoms with van der Waals surface area (Å²) in [5.41, 5.74) is 1.19. The molecule has 2 amide bonds. The first kappa shape index (κ1) is 28.5. The summed E-state index contributed by atoms with van der Waals surface area (Å²) in [5, 5.41) is 14.7. The second-order valence-electron chi connectivity index (χ2n) is 15.0. The molecule has 2 unspecified atom stereocenters. The maximum absolute atomic E-state index is 11.5. The number of nitrogens with one attached hydrogen (secondary N) is 2. The molecule has 6 nitrogen and oxygen atoms in total. The molecule has 2 atom stereocenters. The first-order valence-corrected chi connectivity index (χ1v) is 17.2. The van der Waals surface area contributed by atoms with E-state index >= 15 is 0 Å². The SMILES string of the molecule is O=C1NCCC1Br.O=C1NCCC1OCCC12CC3CC(CC(C3)C1)C2.OCCC12CC3CC(CC(C3)C1)C2. The highest BCUT2D eigenvalue weighted by atomic mass is 79.9. The fourth-order valence-corrected chi connectivity index (χ4v) is 11.5. The largest absolute Gasteiger partial charge is 0.396 e. The molecule has 0 aromatic carbocycles. The average molecular weight is 608 g/mol. The lowest BCUT2D eigenvalue weighted by atomic mass is 9.49. The van der Waals surface area contributed by atoms with Crippen LogP contribution in [0.25, 0.3) is 0 Å². The summed E-state index contributed by atoms with van der Waals surface area (Å²) in [6, 6.07) is 0. The Bertz CT molecular complexity index is 823. The first-order chi connectivity index (χ1) is 18.8. The summed E-state index contributed by atoms with van der Waals surface area (Å²) in [6.45, 7) is 2.84. The number of ether oxygens (including phenoxy) is 1. The minimum Gasteiger partial charge on any atom is -0.396 e. The van der Waals surface area contributed by atoms with Gasteiger partial charge in [0.1, 0.15) is 6.10 Å². The molecule has 2 heterocycles. The van der Waals surface area contributed by atoms with E-state index in [1.54, 1.807) is 0 Å². The van der Waals surface area contributed by atoms with E-state index in [1.807, 2.05) is 0 Å². The van der Waals surface area contributed by atoms with E-state index in [0.29, 0.717) is 17.4 Å². The molecule has 10 aliphatic rings. The van der Waals surface area contributed by atoms with Gasteiger partial charge in [0.2, 0.25) is 11.8 Å². The highest BCUT2D eigenvalue weighted by molar-refractivity contribution is 9.10. The van der Waals surface area contributed by atoms with Gasteiger partial charge in [-0.05, 0) is 149 Å². The van der Waals surface area contributed by atoms with Gasteiger partial charge in [0.25, 0.3) is 0 Å². The van der Waals surface area contributed by atoms with Crippen molar-refractivity contribution in [1.82, 2.24) is 10.6 Å². The average Bonchev–Trinajstić information content (AvgIpc) is 3.44. The molecule has 39 heavy (non-hydrogen) atoms. The second kappa shape index (κ2) is 11.9. The third-order valence-electron chi connectivity index (χ3n) is 11.9. The van der Waals surface area contributed by atoms with Crippen LogP contribution in [-0.4, -0.2) is 54.2 Å². The molecule has 7 heteroatoms. The first-order valence-electron chi connectivity index (χ1n) is 16.2. The van der Waals surface area contributed by atoms with Crippen LogP contribution in [0, 0.1) is 46.3 Å². The van der Waals surface area contributed by atoms with E-state index in [0.717, 1.165) is 74.5 Å². The molecule has 8 saturated carbocycles. The Hall–Kier alpha value is -0.660. The summed E-state index contributed by atoms with van der Waals surface area (Å²) < 4.78 is 5.84. The van der Waals surface area contributed by atoms with Crippen LogP contribution < -0.4 is 10.6 Å². The lowest BCUT2D eigenvalue weighted by Crippen LogP contribution is -2.46. The van der Waals surface area contributed by atoms with E-state index in [2.05, 4.69) is 26.6 Å². The smallest absolute Gasteiger partial charge is 0.249 e. The summed E-state index contributed by atoms with van der Waals surface area (Å²) in [5.74, 6) is 6.39. The van der Waals surface area contributed by atoms with E-state index in [4.69, 9.17) is 9.84 Å². The molecule has 2 saturated heterocycles. The number of amides is 2. The lowest BCUT2D eigenvalue weighted by Gasteiger charge is -2.57. The fraction of sp³-hybridized carbons (Fsp3) is 0.938. The molecular formula is C32H51BrN2O4. The highest BCUT2D eigenvalue weighted by Gasteiger charge is 2.51. The van der Waals surface area contributed by atoms with Crippen LogP contribution in [0.1, 0.15) is 103 Å². The molecule has 10 rings (SSSR count). The van der Waals surface area contributed by atoms with Crippen LogP contribution in [0.2, 0.25) is 0 Å². The monoisotopic (exact) mass is 606 g/mol. The van der Waals surface area contributed by atoms with E-state index in [-0.39, 0.29) is 22.7 Å². The Balaban J connectivity index is 0.000000119. The van der Waals surface area contributed by atoms with Crippen LogP contribution in [-0.2, 0) is 14.3 Å². The van der Waals surface area contributed by atoms with Crippen molar-refractivity contribution in [1.29, 1.82) is 0 Å². The van der Waals surface area contributed by atoms with Gasteiger partial charge in [-0.25, -0.2) is 0 Å². The maximum Gasteiger partial charge on any atom is 0.249 e. The number of alkyl halides is 1. The number of rotatable bonds is 6. The van der Waals surface area contributed by atoms with Gasteiger partial charge in [-0.1, -0.05) is 15.9 Å². The van der Waals surface area contributed by atoms with Crippen LogP contribution in [0.4, 0.5) is 0 Å². The Labute approximate surface area is 243 Å². The molecule has 0 radical (unpaired) electrons. The van der Waals surface area contributed by atoms with Crippen molar-refractivity contribution in [2.45, 2.75) is 114 Å².